The van der Waals surface area contributed by atoms with E-state index in [1.54, 1.807) is 24.3 Å². The Morgan fingerprint density at radius 1 is 1.33 bits per heavy atom. The fourth-order valence-corrected chi connectivity index (χ4v) is 5.28. The molecule has 0 radical (unpaired) electrons. The topological polar surface area (TPSA) is 102 Å². The summed E-state index contributed by atoms with van der Waals surface area (Å²) in [5.41, 5.74) is 0.568. The molecule has 2 aliphatic rings. The highest BCUT2D eigenvalue weighted by molar-refractivity contribution is 9.39. The van der Waals surface area contributed by atoms with Crippen molar-refractivity contribution in [2.24, 2.45) is 0 Å². The van der Waals surface area contributed by atoms with Crippen molar-refractivity contribution < 1.29 is 28.1 Å². The lowest BCUT2D eigenvalue weighted by Crippen LogP contribution is -2.77. The van der Waals surface area contributed by atoms with Gasteiger partial charge in [-0.25, -0.2) is 4.79 Å². The highest BCUT2D eigenvalue weighted by atomic mass is 80.0. The Morgan fingerprint density at radius 3 is 2.63 bits per heavy atom. The molecule has 1 aromatic carbocycles. The van der Waals surface area contributed by atoms with Crippen LogP contribution in [0.1, 0.15) is 10.4 Å². The Bertz CT molecular complexity index is 935. The van der Waals surface area contributed by atoms with Crippen molar-refractivity contribution in [3.63, 3.8) is 0 Å². The molecule has 0 aliphatic carbocycles. The number of fused-ring (bicyclic) bond motifs is 1. The van der Waals surface area contributed by atoms with Crippen LogP contribution in [0.25, 0.3) is 0 Å². The van der Waals surface area contributed by atoms with E-state index in [1.807, 2.05) is 0 Å². The van der Waals surface area contributed by atoms with Gasteiger partial charge in [0.25, 0.3) is 5.91 Å². The second-order valence-electron chi connectivity index (χ2n) is 6.60. The van der Waals surface area contributed by atoms with Gasteiger partial charge in [-0.15, -0.1) is 0 Å². The van der Waals surface area contributed by atoms with E-state index in [0.717, 1.165) is 0 Å². The molecule has 3 rings (SSSR count). The normalized spacial score (nSPS) is 25.8. The maximum absolute atomic E-state index is 12.8. The Balaban J connectivity index is 1.76. The predicted octanol–water partition coefficient (Wildman–Crippen LogP) is 2.03. The number of ether oxygens (including phenoxy) is 2. The number of nitrogens with one attached hydrogen (secondary N) is 1. The van der Waals surface area contributed by atoms with Crippen LogP contribution in [0.4, 0.5) is 0 Å². The van der Waals surface area contributed by atoms with Gasteiger partial charge in [0.2, 0.25) is 5.91 Å². The molecule has 12 heteroatoms. The lowest BCUT2D eigenvalue weighted by atomic mass is 9.98. The summed E-state index contributed by atoms with van der Waals surface area (Å²) in [7, 11) is -0.0909. The number of β-lactam (4-membered cyclic amide) rings is 1. The second-order valence-corrected chi connectivity index (χ2v) is 15.4. The fraction of sp³-hybridized carbons (Fsp3) is 0.389. The maximum atomic E-state index is 12.8. The Hall–Kier alpha value is -1.24. The van der Waals surface area contributed by atoms with Gasteiger partial charge in [-0.3, -0.25) is 13.8 Å². The Labute approximate surface area is 200 Å². The summed E-state index contributed by atoms with van der Waals surface area (Å²) in [4.78, 5) is 39.2. The summed E-state index contributed by atoms with van der Waals surface area (Å²) in [6.07, 6.45) is 0. The van der Waals surface area contributed by atoms with Gasteiger partial charge in [0.1, 0.15) is 23.8 Å². The first kappa shape index (κ1) is 23.4. The average molecular weight is 629 g/mol. The van der Waals surface area contributed by atoms with E-state index in [0.29, 0.717) is 11.3 Å². The maximum Gasteiger partial charge on any atom is 0.333 e. The summed E-state index contributed by atoms with van der Waals surface area (Å²) < 4.78 is 22.3. The summed E-state index contributed by atoms with van der Waals surface area (Å²) in [5, 5.41) is 1.76. The number of carbonyl (C=O) groups is 3. The van der Waals surface area contributed by atoms with Crippen molar-refractivity contribution in [3.8, 4) is 5.75 Å². The smallest absolute Gasteiger partial charge is 0.333 e. The molecule has 1 N–H and O–H groups in total. The van der Waals surface area contributed by atoms with Gasteiger partial charge in [0, 0.05) is 5.75 Å². The van der Waals surface area contributed by atoms with E-state index in [-0.39, 0.29) is 17.9 Å². The molecule has 0 bridgehead atoms. The molecule has 162 valence electrons. The number of hydrogen-bond donors (Lipinski definition) is 1. The highest BCUT2D eigenvalue weighted by Crippen LogP contribution is 2.37. The van der Waals surface area contributed by atoms with Crippen LogP contribution in [-0.2, 0) is 25.1 Å². The van der Waals surface area contributed by atoms with Gasteiger partial charge in [-0.05, 0) is 17.7 Å². The summed E-state index contributed by atoms with van der Waals surface area (Å²) >= 11 is 9.68. The minimum Gasteiger partial charge on any atom is -0.496 e. The molecule has 8 nitrogen and oxygen atoms in total. The minimum absolute atomic E-state index is 0.0251. The van der Waals surface area contributed by atoms with Gasteiger partial charge in [0.05, 0.1) is 23.5 Å². The van der Waals surface area contributed by atoms with E-state index in [2.05, 4.69) is 59.7 Å². The van der Waals surface area contributed by atoms with E-state index < -0.39 is 48.2 Å². The number of halogens is 3. The number of nitrogens with zero attached hydrogens (tertiary/aromatic N) is 1. The van der Waals surface area contributed by atoms with Gasteiger partial charge < -0.3 is 19.7 Å². The van der Waals surface area contributed by atoms with Crippen LogP contribution in [0.3, 0.4) is 0 Å². The van der Waals surface area contributed by atoms with Crippen LogP contribution >= 0.6 is 47.8 Å². The molecule has 2 fully saturated rings. The van der Waals surface area contributed by atoms with Crippen LogP contribution in [0.2, 0.25) is 0 Å². The lowest BCUT2D eigenvalue weighted by Gasteiger charge is -2.52. The molecule has 2 aliphatic heterocycles. The first-order valence-electron chi connectivity index (χ1n) is 8.59. The quantitative estimate of drug-likeness (QED) is 0.232. The molecule has 2 saturated heterocycles. The van der Waals surface area contributed by atoms with Gasteiger partial charge in [0.15, 0.2) is 8.18 Å². The largest absolute Gasteiger partial charge is 0.496 e. The number of esters is 1. The molecular formula is C18H17Br3N2O6S. The predicted molar refractivity (Wildman–Crippen MR) is 121 cm³/mol. The summed E-state index contributed by atoms with van der Waals surface area (Å²) in [5.74, 6) is -1.37. The molecule has 0 saturated carbocycles. The van der Waals surface area contributed by atoms with Crippen LogP contribution in [0, 0.1) is 0 Å². The molecule has 2 amide bonds. The molecule has 4 atom stereocenters. The SMILES string of the molecule is C=C1CS(=O)[C@@H]2C(NC(=O)c3ccccc3OC)C(=O)N2C1C(=O)OCC(Br)(Br)Br. The standard InChI is InChI=1S/C18H17Br3N2O6S/c1-9-7-30(27)16-12(22-14(24)10-5-3-4-6-11(10)28-2)15(25)23(16)13(9)17(26)29-8-18(19,20)21/h3-6,12-13,16H,1,7-8H2,2H3,(H,22,24)/t12?,13?,16-,30?/m1/s1. The number of para-hydroxylation sites is 1. The van der Waals surface area contributed by atoms with E-state index in [9.17, 15) is 18.6 Å². The van der Waals surface area contributed by atoms with E-state index in [1.165, 1.54) is 12.0 Å². The van der Waals surface area contributed by atoms with Crippen LogP contribution in [-0.4, -0.2) is 66.0 Å². The molecular weight excluding hydrogens is 612 g/mol. The Kier molecular flexibility index (Phi) is 7.10. The first-order valence-corrected chi connectivity index (χ1v) is 12.4. The molecule has 2 heterocycles. The third kappa shape index (κ3) is 4.66. The van der Waals surface area contributed by atoms with Crippen LogP contribution < -0.4 is 10.1 Å². The molecule has 1 aromatic rings. The van der Waals surface area contributed by atoms with Crippen molar-refractivity contribution in [1.82, 2.24) is 10.2 Å². The van der Waals surface area contributed by atoms with Gasteiger partial charge in [-0.2, -0.15) is 0 Å². The average Bonchev–Trinajstić information content (AvgIpc) is 2.69. The first-order chi connectivity index (χ1) is 14.0. The molecule has 30 heavy (non-hydrogen) atoms. The summed E-state index contributed by atoms with van der Waals surface area (Å²) in [6, 6.07) is 4.48. The van der Waals surface area contributed by atoms with Crippen molar-refractivity contribution in [3.05, 3.63) is 42.0 Å². The lowest BCUT2D eigenvalue weighted by molar-refractivity contribution is -0.162. The minimum atomic E-state index is -1.52. The molecule has 0 aromatic heterocycles. The number of alkyl halides is 3. The van der Waals surface area contributed by atoms with E-state index >= 15 is 0 Å². The van der Waals surface area contributed by atoms with E-state index in [4.69, 9.17) is 9.47 Å². The van der Waals surface area contributed by atoms with Crippen molar-refractivity contribution in [2.75, 3.05) is 19.5 Å². The Morgan fingerprint density at radius 2 is 2.00 bits per heavy atom. The third-order valence-corrected chi connectivity index (χ3v) is 6.96. The van der Waals surface area contributed by atoms with Gasteiger partial charge >= 0.3 is 5.97 Å². The number of carbonyl (C=O) groups excluding carboxylic acids is 3. The number of rotatable bonds is 5. The number of methoxy groups -OCH3 is 1. The molecule has 0 spiro atoms. The second kappa shape index (κ2) is 9.09. The number of amides is 2. The molecule has 3 unspecified atom stereocenters. The third-order valence-electron chi connectivity index (χ3n) is 4.58. The number of hydrogen-bond acceptors (Lipinski definition) is 6. The zero-order chi connectivity index (χ0) is 22.2. The fourth-order valence-electron chi connectivity index (χ4n) is 3.28. The number of benzene rings is 1. The summed E-state index contributed by atoms with van der Waals surface area (Å²) in [6.45, 7) is 3.72. The van der Waals surface area contributed by atoms with Gasteiger partial charge in [-0.1, -0.05) is 66.5 Å². The highest BCUT2D eigenvalue weighted by Gasteiger charge is 2.59. The van der Waals surface area contributed by atoms with Crippen LogP contribution in [0.15, 0.2) is 36.4 Å². The van der Waals surface area contributed by atoms with Crippen LogP contribution in [0.5, 0.6) is 5.75 Å². The van der Waals surface area contributed by atoms with Crippen molar-refractivity contribution in [1.29, 1.82) is 0 Å². The zero-order valence-corrected chi connectivity index (χ0v) is 21.2. The zero-order valence-electron chi connectivity index (χ0n) is 15.6. The van der Waals surface area contributed by atoms with Crippen molar-refractivity contribution in [2.45, 2.75) is 19.6 Å². The van der Waals surface area contributed by atoms with Crippen molar-refractivity contribution >= 4 is 76.4 Å². The monoisotopic (exact) mass is 626 g/mol.